The number of nitrogens with one attached hydrogen (secondary N) is 2. The van der Waals surface area contributed by atoms with Crippen molar-refractivity contribution >= 4 is 11.9 Å². The van der Waals surface area contributed by atoms with Crippen LogP contribution >= 0.6 is 0 Å². The molecule has 0 saturated heterocycles. The highest BCUT2D eigenvalue weighted by atomic mass is 16.5. The average Bonchev–Trinajstić information content (AvgIpc) is 2.59. The van der Waals surface area contributed by atoms with E-state index in [0.29, 0.717) is 18.5 Å². The van der Waals surface area contributed by atoms with E-state index in [0.717, 1.165) is 64.2 Å². The first-order valence-electron chi connectivity index (χ1n) is 10.3. The third-order valence-corrected chi connectivity index (χ3v) is 4.34. The molecule has 0 saturated carbocycles. The van der Waals surface area contributed by atoms with E-state index in [1.54, 1.807) is 0 Å². The van der Waals surface area contributed by atoms with Crippen molar-refractivity contribution in [2.24, 2.45) is 4.99 Å². The molecule has 0 heterocycles. The van der Waals surface area contributed by atoms with Crippen molar-refractivity contribution < 1.29 is 9.53 Å². The lowest BCUT2D eigenvalue weighted by molar-refractivity contribution is -0.140. The van der Waals surface area contributed by atoms with Crippen molar-refractivity contribution in [2.75, 3.05) is 33.3 Å². The fraction of sp³-hybridized carbons (Fsp3) is 0.900. The summed E-state index contributed by atoms with van der Waals surface area (Å²) in [5.41, 5.74) is 0. The van der Waals surface area contributed by atoms with E-state index in [2.05, 4.69) is 59.9 Å². The smallest absolute Gasteiger partial charge is 0.305 e. The summed E-state index contributed by atoms with van der Waals surface area (Å²) in [6, 6.07) is 1.15. The van der Waals surface area contributed by atoms with E-state index in [9.17, 15) is 4.79 Å². The molecule has 6 nitrogen and oxygen atoms in total. The summed E-state index contributed by atoms with van der Waals surface area (Å²) in [6.07, 6.45) is 5.76. The molecule has 0 bridgehead atoms. The zero-order chi connectivity index (χ0) is 19.8. The summed E-state index contributed by atoms with van der Waals surface area (Å²) in [4.78, 5) is 18.2. The molecule has 0 aromatic rings. The number of hydrogen-bond donors (Lipinski definition) is 2. The molecular weight excluding hydrogens is 328 g/mol. The number of hydrogen-bond acceptors (Lipinski definition) is 4. The van der Waals surface area contributed by atoms with Crippen LogP contribution in [0.1, 0.15) is 73.1 Å². The lowest BCUT2D eigenvalue weighted by Gasteiger charge is -2.30. The van der Waals surface area contributed by atoms with Gasteiger partial charge < -0.3 is 15.4 Å². The van der Waals surface area contributed by atoms with Gasteiger partial charge in [-0.25, -0.2) is 0 Å². The number of guanidine groups is 1. The van der Waals surface area contributed by atoms with Crippen LogP contribution in [0.15, 0.2) is 4.99 Å². The Labute approximate surface area is 161 Å². The fourth-order valence-electron chi connectivity index (χ4n) is 2.96. The maximum Gasteiger partial charge on any atom is 0.305 e. The van der Waals surface area contributed by atoms with E-state index >= 15 is 0 Å². The van der Waals surface area contributed by atoms with E-state index < -0.39 is 0 Å². The number of unbranched alkanes of at least 4 members (excludes halogenated alkanes) is 3. The molecule has 0 radical (unpaired) electrons. The number of carbonyl (C=O) groups excluding carboxylic acids is 1. The van der Waals surface area contributed by atoms with Gasteiger partial charge in [-0.2, -0.15) is 0 Å². The molecule has 0 aliphatic rings. The summed E-state index contributed by atoms with van der Waals surface area (Å²) in [6.45, 7) is 14.8. The molecule has 0 aromatic heterocycles. The first kappa shape index (κ1) is 24.7. The molecule has 0 rings (SSSR count). The van der Waals surface area contributed by atoms with Gasteiger partial charge in [-0.3, -0.25) is 14.7 Å². The number of aliphatic imine (C=N–C) groups is 1. The fourth-order valence-corrected chi connectivity index (χ4v) is 2.96. The van der Waals surface area contributed by atoms with Crippen LogP contribution in [-0.4, -0.2) is 62.2 Å². The van der Waals surface area contributed by atoms with Crippen LogP contribution in [-0.2, 0) is 9.53 Å². The molecule has 0 aliphatic carbocycles. The quantitative estimate of drug-likeness (QED) is 0.213. The maximum atomic E-state index is 11.0. The van der Waals surface area contributed by atoms with Crippen molar-refractivity contribution in [3.05, 3.63) is 0 Å². The van der Waals surface area contributed by atoms with Crippen LogP contribution in [0.5, 0.6) is 0 Å². The monoisotopic (exact) mass is 370 g/mol. The number of methoxy groups -OCH3 is 1. The summed E-state index contributed by atoms with van der Waals surface area (Å²) in [5, 5.41) is 6.70. The van der Waals surface area contributed by atoms with Crippen molar-refractivity contribution in [1.82, 2.24) is 15.5 Å². The third-order valence-electron chi connectivity index (χ3n) is 4.34. The Morgan fingerprint density at radius 1 is 1.00 bits per heavy atom. The van der Waals surface area contributed by atoms with Gasteiger partial charge in [0.1, 0.15) is 0 Å². The predicted octanol–water partition coefficient (Wildman–Crippen LogP) is 3.17. The van der Waals surface area contributed by atoms with Gasteiger partial charge in [0.15, 0.2) is 5.96 Å². The molecule has 0 unspecified atom stereocenters. The topological polar surface area (TPSA) is 66.0 Å². The van der Waals surface area contributed by atoms with Gasteiger partial charge in [-0.1, -0.05) is 12.8 Å². The molecule has 0 amide bonds. The molecule has 0 aliphatic heterocycles. The molecule has 26 heavy (non-hydrogen) atoms. The molecule has 2 N–H and O–H groups in total. The van der Waals surface area contributed by atoms with Crippen LogP contribution in [0.2, 0.25) is 0 Å². The minimum Gasteiger partial charge on any atom is -0.469 e. The van der Waals surface area contributed by atoms with Gasteiger partial charge in [0.2, 0.25) is 0 Å². The lowest BCUT2D eigenvalue weighted by Crippen LogP contribution is -2.39. The number of esters is 1. The zero-order valence-electron chi connectivity index (χ0n) is 17.9. The molecular formula is C20H42N4O2. The largest absolute Gasteiger partial charge is 0.469 e. The van der Waals surface area contributed by atoms with Crippen LogP contribution in [0, 0.1) is 0 Å². The Morgan fingerprint density at radius 2 is 1.65 bits per heavy atom. The summed E-state index contributed by atoms with van der Waals surface area (Å²) in [5.74, 6) is 0.792. The third kappa shape index (κ3) is 13.0. The number of rotatable bonds is 14. The van der Waals surface area contributed by atoms with Gasteiger partial charge in [-0.15, -0.1) is 0 Å². The minimum atomic E-state index is -0.113. The highest BCUT2D eigenvalue weighted by Gasteiger charge is 2.12. The van der Waals surface area contributed by atoms with Crippen LogP contribution in [0.4, 0.5) is 0 Å². The van der Waals surface area contributed by atoms with E-state index in [4.69, 9.17) is 0 Å². The summed E-state index contributed by atoms with van der Waals surface area (Å²) >= 11 is 0. The van der Waals surface area contributed by atoms with E-state index in [1.165, 1.54) is 7.11 Å². The second-order valence-electron chi connectivity index (χ2n) is 7.21. The normalized spacial score (nSPS) is 12.1. The van der Waals surface area contributed by atoms with E-state index in [-0.39, 0.29) is 5.97 Å². The van der Waals surface area contributed by atoms with Crippen molar-refractivity contribution in [3.63, 3.8) is 0 Å². The molecule has 0 spiro atoms. The Bertz CT molecular complexity index is 376. The minimum absolute atomic E-state index is 0.113. The predicted molar refractivity (Wildman–Crippen MR) is 111 cm³/mol. The van der Waals surface area contributed by atoms with Crippen LogP contribution < -0.4 is 10.6 Å². The van der Waals surface area contributed by atoms with Crippen LogP contribution in [0.25, 0.3) is 0 Å². The molecule has 154 valence electrons. The van der Waals surface area contributed by atoms with Gasteiger partial charge in [0.05, 0.1) is 7.11 Å². The first-order chi connectivity index (χ1) is 12.4. The molecule has 0 fully saturated rings. The SMILES string of the molecule is CCNC(=NCCCN(C(C)C)C(C)C)NCCCCCCC(=O)OC. The Morgan fingerprint density at radius 3 is 2.23 bits per heavy atom. The van der Waals surface area contributed by atoms with Gasteiger partial charge in [-0.05, 0) is 53.9 Å². The number of nitrogens with zero attached hydrogens (tertiary/aromatic N) is 2. The number of carbonyl (C=O) groups is 1. The standard InChI is InChI=1S/C20H42N4O2/c1-7-21-20(22-14-11-9-8-10-13-19(25)26-6)23-15-12-16-24(17(2)3)18(4)5/h17-18H,7-16H2,1-6H3,(H2,21,22,23). The molecule has 0 atom stereocenters. The molecule has 0 aromatic carbocycles. The Balaban J connectivity index is 3.97. The second-order valence-corrected chi connectivity index (χ2v) is 7.21. The van der Waals surface area contributed by atoms with Gasteiger partial charge >= 0.3 is 5.97 Å². The first-order valence-corrected chi connectivity index (χ1v) is 10.3. The number of ether oxygens (including phenoxy) is 1. The maximum absolute atomic E-state index is 11.0. The van der Waals surface area contributed by atoms with Gasteiger partial charge in [0.25, 0.3) is 0 Å². The van der Waals surface area contributed by atoms with Gasteiger partial charge in [0, 0.05) is 44.7 Å². The second kappa shape index (κ2) is 15.9. The highest BCUT2D eigenvalue weighted by molar-refractivity contribution is 5.79. The van der Waals surface area contributed by atoms with Crippen molar-refractivity contribution in [3.8, 4) is 0 Å². The Kier molecular flexibility index (Phi) is 15.1. The van der Waals surface area contributed by atoms with Crippen molar-refractivity contribution in [1.29, 1.82) is 0 Å². The lowest BCUT2D eigenvalue weighted by atomic mass is 10.1. The van der Waals surface area contributed by atoms with Crippen molar-refractivity contribution in [2.45, 2.75) is 85.2 Å². The average molecular weight is 371 g/mol. The van der Waals surface area contributed by atoms with Crippen LogP contribution in [0.3, 0.4) is 0 Å². The summed E-state index contributed by atoms with van der Waals surface area (Å²) < 4.78 is 4.65. The Hall–Kier alpha value is -1.30. The zero-order valence-corrected chi connectivity index (χ0v) is 17.9. The highest BCUT2D eigenvalue weighted by Crippen LogP contribution is 2.06. The summed E-state index contributed by atoms with van der Waals surface area (Å²) in [7, 11) is 1.44. The van der Waals surface area contributed by atoms with E-state index in [1.807, 2.05) is 0 Å². The molecule has 6 heteroatoms.